The van der Waals surface area contributed by atoms with Crippen molar-refractivity contribution >= 4 is 23.4 Å². The van der Waals surface area contributed by atoms with Crippen molar-refractivity contribution in [3.8, 4) is 5.75 Å². The Kier molecular flexibility index (Phi) is 4.76. The normalized spacial score (nSPS) is 11.3. The highest BCUT2D eigenvalue weighted by Crippen LogP contribution is 2.26. The summed E-state index contributed by atoms with van der Waals surface area (Å²) >= 11 is 6.01. The van der Waals surface area contributed by atoms with Gasteiger partial charge in [0.25, 0.3) is 5.91 Å². The van der Waals surface area contributed by atoms with Gasteiger partial charge in [0.05, 0.1) is 10.7 Å². The molecule has 0 bridgehead atoms. The SMILES string of the molecule is Cc1ccc(Cl)c(OCC(=O)Nc2cc(C(C)(C)C)no2)c1. The average Bonchev–Trinajstić information content (AvgIpc) is 2.88. The lowest BCUT2D eigenvalue weighted by atomic mass is 9.92. The number of hydrogen-bond donors (Lipinski definition) is 1. The van der Waals surface area contributed by atoms with Gasteiger partial charge in [-0.3, -0.25) is 10.1 Å². The summed E-state index contributed by atoms with van der Waals surface area (Å²) in [6.45, 7) is 7.80. The van der Waals surface area contributed by atoms with Crippen LogP contribution in [0.5, 0.6) is 5.75 Å². The topological polar surface area (TPSA) is 64.4 Å². The van der Waals surface area contributed by atoms with Gasteiger partial charge in [-0.1, -0.05) is 43.6 Å². The van der Waals surface area contributed by atoms with Crippen LogP contribution in [-0.2, 0) is 10.2 Å². The van der Waals surface area contributed by atoms with E-state index in [1.54, 1.807) is 18.2 Å². The van der Waals surface area contributed by atoms with E-state index in [-0.39, 0.29) is 17.9 Å². The van der Waals surface area contributed by atoms with Crippen molar-refractivity contribution in [2.45, 2.75) is 33.1 Å². The van der Waals surface area contributed by atoms with Crippen LogP contribution in [0.3, 0.4) is 0 Å². The third-order valence-corrected chi connectivity index (χ3v) is 3.30. The molecule has 118 valence electrons. The predicted octanol–water partition coefficient (Wildman–Crippen LogP) is 3.95. The van der Waals surface area contributed by atoms with Gasteiger partial charge in [0, 0.05) is 11.5 Å². The number of benzene rings is 1. The van der Waals surface area contributed by atoms with E-state index in [1.807, 2.05) is 33.8 Å². The number of rotatable bonds is 4. The zero-order valence-electron chi connectivity index (χ0n) is 13.1. The van der Waals surface area contributed by atoms with Crippen LogP contribution in [0.4, 0.5) is 5.88 Å². The minimum atomic E-state index is -0.339. The first kappa shape index (κ1) is 16.4. The molecule has 1 aromatic heterocycles. The summed E-state index contributed by atoms with van der Waals surface area (Å²) in [6.07, 6.45) is 0. The first-order valence-corrected chi connectivity index (χ1v) is 7.29. The highest BCUT2D eigenvalue weighted by Gasteiger charge is 2.19. The minimum Gasteiger partial charge on any atom is -0.482 e. The van der Waals surface area contributed by atoms with Gasteiger partial charge >= 0.3 is 0 Å². The zero-order chi connectivity index (χ0) is 16.3. The van der Waals surface area contributed by atoms with Crippen molar-refractivity contribution in [3.05, 3.63) is 40.5 Å². The molecule has 0 saturated heterocycles. The van der Waals surface area contributed by atoms with Crippen molar-refractivity contribution in [1.29, 1.82) is 0 Å². The average molecular weight is 323 g/mol. The predicted molar refractivity (Wildman–Crippen MR) is 85.5 cm³/mol. The maximum absolute atomic E-state index is 11.9. The molecule has 1 N–H and O–H groups in total. The molecule has 6 heteroatoms. The first-order chi connectivity index (χ1) is 10.3. The Bertz CT molecular complexity index is 674. The Morgan fingerprint density at radius 1 is 1.36 bits per heavy atom. The fourth-order valence-electron chi connectivity index (χ4n) is 1.73. The van der Waals surface area contributed by atoms with Crippen molar-refractivity contribution in [2.75, 3.05) is 11.9 Å². The fraction of sp³-hybridized carbons (Fsp3) is 0.375. The van der Waals surface area contributed by atoms with Crippen LogP contribution in [0.15, 0.2) is 28.8 Å². The Hall–Kier alpha value is -2.01. The monoisotopic (exact) mass is 322 g/mol. The van der Waals surface area contributed by atoms with E-state index in [0.717, 1.165) is 11.3 Å². The summed E-state index contributed by atoms with van der Waals surface area (Å²) in [5.41, 5.74) is 1.63. The van der Waals surface area contributed by atoms with E-state index in [4.69, 9.17) is 20.9 Å². The second-order valence-corrected chi connectivity index (χ2v) is 6.50. The van der Waals surface area contributed by atoms with Gasteiger partial charge in [-0.2, -0.15) is 0 Å². The molecule has 0 atom stereocenters. The molecular formula is C16H19ClN2O3. The van der Waals surface area contributed by atoms with Crippen LogP contribution < -0.4 is 10.1 Å². The number of carbonyl (C=O) groups excluding carboxylic acids is 1. The molecule has 5 nitrogen and oxygen atoms in total. The third kappa shape index (κ3) is 4.24. The molecule has 0 aliphatic carbocycles. The summed E-state index contributed by atoms with van der Waals surface area (Å²) < 4.78 is 10.5. The molecular weight excluding hydrogens is 304 g/mol. The summed E-state index contributed by atoms with van der Waals surface area (Å²) in [7, 11) is 0. The molecule has 0 unspecified atom stereocenters. The zero-order valence-corrected chi connectivity index (χ0v) is 13.8. The Balaban J connectivity index is 1.93. The second kappa shape index (κ2) is 6.40. The number of carbonyl (C=O) groups is 1. The molecule has 0 spiro atoms. The van der Waals surface area contributed by atoms with Crippen LogP contribution >= 0.6 is 11.6 Å². The number of hydrogen-bond acceptors (Lipinski definition) is 4. The molecule has 1 amide bonds. The van der Waals surface area contributed by atoms with Gasteiger partial charge in [-0.25, -0.2) is 0 Å². The molecule has 0 aliphatic heterocycles. The molecule has 0 fully saturated rings. The summed E-state index contributed by atoms with van der Waals surface area (Å²) in [4.78, 5) is 11.9. The molecule has 0 aliphatic rings. The maximum Gasteiger partial charge on any atom is 0.264 e. The smallest absolute Gasteiger partial charge is 0.264 e. The fourth-order valence-corrected chi connectivity index (χ4v) is 1.90. The van der Waals surface area contributed by atoms with Gasteiger partial charge in [-0.15, -0.1) is 0 Å². The van der Waals surface area contributed by atoms with Gasteiger partial charge < -0.3 is 9.26 Å². The van der Waals surface area contributed by atoms with Crippen LogP contribution in [0.1, 0.15) is 32.0 Å². The number of anilines is 1. The van der Waals surface area contributed by atoms with E-state index in [1.165, 1.54) is 0 Å². The van der Waals surface area contributed by atoms with E-state index in [9.17, 15) is 4.79 Å². The number of nitrogens with zero attached hydrogens (tertiary/aromatic N) is 1. The number of aromatic nitrogens is 1. The van der Waals surface area contributed by atoms with E-state index in [2.05, 4.69) is 10.5 Å². The number of amides is 1. The molecule has 0 saturated carbocycles. The van der Waals surface area contributed by atoms with Crippen LogP contribution in [-0.4, -0.2) is 17.7 Å². The summed E-state index contributed by atoms with van der Waals surface area (Å²) in [6, 6.07) is 7.09. The largest absolute Gasteiger partial charge is 0.482 e. The number of ether oxygens (including phenoxy) is 1. The second-order valence-electron chi connectivity index (χ2n) is 6.10. The van der Waals surface area contributed by atoms with Crippen molar-refractivity contribution in [1.82, 2.24) is 5.16 Å². The molecule has 2 aromatic rings. The van der Waals surface area contributed by atoms with Crippen LogP contribution in [0.25, 0.3) is 0 Å². The number of aryl methyl sites for hydroxylation is 1. The standard InChI is InChI=1S/C16H19ClN2O3/c1-10-5-6-11(17)12(7-10)21-9-14(20)18-15-8-13(19-22-15)16(2,3)4/h5-8H,9H2,1-4H3,(H,18,20). The molecule has 1 heterocycles. The lowest BCUT2D eigenvalue weighted by Gasteiger charge is -2.12. The Morgan fingerprint density at radius 3 is 2.73 bits per heavy atom. The van der Waals surface area contributed by atoms with Crippen molar-refractivity contribution in [2.24, 2.45) is 0 Å². The molecule has 2 rings (SSSR count). The van der Waals surface area contributed by atoms with E-state index in [0.29, 0.717) is 16.7 Å². The Morgan fingerprint density at radius 2 is 2.09 bits per heavy atom. The molecule has 0 radical (unpaired) electrons. The van der Waals surface area contributed by atoms with Crippen molar-refractivity contribution < 1.29 is 14.1 Å². The highest BCUT2D eigenvalue weighted by molar-refractivity contribution is 6.32. The van der Waals surface area contributed by atoms with E-state index >= 15 is 0 Å². The quantitative estimate of drug-likeness (QED) is 0.925. The number of halogens is 1. The van der Waals surface area contributed by atoms with Crippen molar-refractivity contribution in [3.63, 3.8) is 0 Å². The lowest BCUT2D eigenvalue weighted by molar-refractivity contribution is -0.118. The summed E-state index contributed by atoms with van der Waals surface area (Å²) in [5, 5.41) is 7.00. The molecule has 1 aromatic carbocycles. The molecule has 22 heavy (non-hydrogen) atoms. The highest BCUT2D eigenvalue weighted by atomic mass is 35.5. The Labute approximate surface area is 134 Å². The van der Waals surface area contributed by atoms with Crippen LogP contribution in [0, 0.1) is 6.92 Å². The maximum atomic E-state index is 11.9. The first-order valence-electron chi connectivity index (χ1n) is 6.92. The third-order valence-electron chi connectivity index (χ3n) is 2.99. The van der Waals surface area contributed by atoms with Gasteiger partial charge in [0.1, 0.15) is 5.75 Å². The summed E-state index contributed by atoms with van der Waals surface area (Å²) in [5.74, 6) is 0.438. The minimum absolute atomic E-state index is 0.141. The van der Waals surface area contributed by atoms with Gasteiger partial charge in [0.2, 0.25) is 5.88 Å². The van der Waals surface area contributed by atoms with E-state index < -0.39 is 0 Å². The number of nitrogens with one attached hydrogen (secondary N) is 1. The lowest BCUT2D eigenvalue weighted by Crippen LogP contribution is -2.20. The van der Waals surface area contributed by atoms with Crippen LogP contribution in [0.2, 0.25) is 5.02 Å². The van der Waals surface area contributed by atoms with Gasteiger partial charge in [-0.05, 0) is 24.6 Å². The van der Waals surface area contributed by atoms with Gasteiger partial charge in [0.15, 0.2) is 6.61 Å².